The fraction of sp³-hybridized carbons (Fsp3) is 0.143. The lowest BCUT2D eigenvalue weighted by Gasteiger charge is -2.21. The van der Waals surface area contributed by atoms with Crippen molar-refractivity contribution in [2.45, 2.75) is 23.5 Å². The number of benzene rings is 3. The monoisotopic (exact) mass is 418 g/mol. The molecule has 1 unspecified atom stereocenters. The Hall–Kier alpha value is -2.84. The van der Waals surface area contributed by atoms with Crippen molar-refractivity contribution in [1.82, 2.24) is 9.71 Å². The summed E-state index contributed by atoms with van der Waals surface area (Å²) in [6, 6.07) is 16.0. The minimum atomic E-state index is -4.75. The summed E-state index contributed by atoms with van der Waals surface area (Å²) in [6.45, 7) is 0. The minimum absolute atomic E-state index is 0.204. The van der Waals surface area contributed by atoms with Gasteiger partial charge in [-0.1, -0.05) is 48.5 Å². The molecule has 3 aromatic carbocycles. The van der Waals surface area contributed by atoms with Gasteiger partial charge in [-0.3, -0.25) is 0 Å². The molecule has 4 nitrogen and oxygen atoms in total. The van der Waals surface area contributed by atoms with Crippen LogP contribution in [0.15, 0.2) is 77.8 Å². The molecule has 0 radical (unpaired) electrons. The number of sulfonamides is 1. The summed E-state index contributed by atoms with van der Waals surface area (Å²) in [5.74, 6) is 0. The number of fused-ring (bicyclic) bond motifs is 2. The van der Waals surface area contributed by atoms with Crippen molar-refractivity contribution in [1.29, 1.82) is 0 Å². The number of nitrogens with one attached hydrogen (secondary N) is 2. The lowest BCUT2D eigenvalue weighted by Crippen LogP contribution is -2.46. The molecule has 4 aromatic rings. The van der Waals surface area contributed by atoms with E-state index < -0.39 is 28.7 Å². The van der Waals surface area contributed by atoms with Crippen LogP contribution in [0.2, 0.25) is 0 Å². The van der Waals surface area contributed by atoms with Gasteiger partial charge in [-0.2, -0.15) is 17.9 Å². The Kier molecular flexibility index (Phi) is 4.84. The van der Waals surface area contributed by atoms with Crippen LogP contribution in [-0.2, 0) is 16.4 Å². The molecule has 150 valence electrons. The number of alkyl halides is 3. The van der Waals surface area contributed by atoms with Crippen molar-refractivity contribution in [3.05, 3.63) is 78.5 Å². The Bertz CT molecular complexity index is 1280. The Morgan fingerprint density at radius 1 is 0.931 bits per heavy atom. The van der Waals surface area contributed by atoms with Crippen LogP contribution < -0.4 is 4.72 Å². The van der Waals surface area contributed by atoms with Crippen LogP contribution in [0.4, 0.5) is 13.2 Å². The smallest absolute Gasteiger partial charge is 0.361 e. The molecule has 0 spiro atoms. The fourth-order valence-electron chi connectivity index (χ4n) is 3.33. The zero-order valence-corrected chi connectivity index (χ0v) is 15.9. The van der Waals surface area contributed by atoms with Gasteiger partial charge in [0.25, 0.3) is 0 Å². The van der Waals surface area contributed by atoms with Gasteiger partial charge >= 0.3 is 6.18 Å². The molecule has 1 aromatic heterocycles. The van der Waals surface area contributed by atoms with E-state index in [0.29, 0.717) is 21.9 Å². The van der Waals surface area contributed by atoms with Crippen molar-refractivity contribution in [3.8, 4) is 0 Å². The first-order valence-electron chi connectivity index (χ1n) is 8.87. The first-order valence-corrected chi connectivity index (χ1v) is 10.4. The largest absolute Gasteiger partial charge is 0.405 e. The molecule has 0 amide bonds. The number of hydrogen-bond acceptors (Lipinski definition) is 2. The van der Waals surface area contributed by atoms with Crippen molar-refractivity contribution < 1.29 is 21.6 Å². The van der Waals surface area contributed by atoms with Gasteiger partial charge in [-0.25, -0.2) is 8.42 Å². The lowest BCUT2D eigenvalue weighted by molar-refractivity contribution is -0.150. The summed E-state index contributed by atoms with van der Waals surface area (Å²) in [7, 11) is -4.37. The van der Waals surface area contributed by atoms with E-state index in [9.17, 15) is 21.6 Å². The first-order chi connectivity index (χ1) is 13.7. The number of para-hydroxylation sites is 1. The van der Waals surface area contributed by atoms with Gasteiger partial charge < -0.3 is 4.98 Å². The van der Waals surface area contributed by atoms with E-state index in [4.69, 9.17) is 0 Å². The zero-order chi connectivity index (χ0) is 20.6. The van der Waals surface area contributed by atoms with E-state index in [1.54, 1.807) is 54.6 Å². The first kappa shape index (κ1) is 19.5. The third kappa shape index (κ3) is 3.99. The average molecular weight is 418 g/mol. The van der Waals surface area contributed by atoms with Crippen molar-refractivity contribution in [3.63, 3.8) is 0 Å². The van der Waals surface area contributed by atoms with Crippen LogP contribution in [-0.4, -0.2) is 25.6 Å². The van der Waals surface area contributed by atoms with Crippen LogP contribution in [0.5, 0.6) is 0 Å². The molecule has 2 N–H and O–H groups in total. The highest BCUT2D eigenvalue weighted by atomic mass is 32.2. The molecule has 0 saturated carbocycles. The molecule has 4 rings (SSSR count). The summed E-state index contributed by atoms with van der Waals surface area (Å²) < 4.78 is 68.3. The third-order valence-corrected chi connectivity index (χ3v) is 6.29. The molecular weight excluding hydrogens is 401 g/mol. The molecule has 0 saturated heterocycles. The van der Waals surface area contributed by atoms with Crippen LogP contribution in [0.1, 0.15) is 5.56 Å². The van der Waals surface area contributed by atoms with E-state index in [2.05, 4.69) is 4.98 Å². The molecule has 1 heterocycles. The standard InChI is InChI=1S/C21H17F3N2O2S/c22-21(23,24)20(12-16-13-25-19-8-4-3-7-18(16)19)26-29(27,28)17-10-9-14-5-1-2-6-15(14)11-17/h1-11,13,20,25-26H,12H2. The average Bonchev–Trinajstić information content (AvgIpc) is 3.09. The summed E-state index contributed by atoms with van der Waals surface area (Å²) in [4.78, 5) is 2.71. The molecule has 29 heavy (non-hydrogen) atoms. The Labute approximate surface area is 165 Å². The van der Waals surface area contributed by atoms with Gasteiger partial charge in [0.15, 0.2) is 0 Å². The topological polar surface area (TPSA) is 62.0 Å². The number of aromatic nitrogens is 1. The second kappa shape index (κ2) is 7.20. The molecule has 0 aliphatic rings. The van der Waals surface area contributed by atoms with Gasteiger partial charge in [-0.15, -0.1) is 0 Å². The Balaban J connectivity index is 1.66. The van der Waals surface area contributed by atoms with Crippen molar-refractivity contribution in [2.75, 3.05) is 0 Å². The van der Waals surface area contributed by atoms with E-state index in [1.165, 1.54) is 18.3 Å². The molecule has 0 aliphatic carbocycles. The van der Waals surface area contributed by atoms with E-state index in [0.717, 1.165) is 5.39 Å². The highest BCUT2D eigenvalue weighted by Gasteiger charge is 2.42. The summed E-state index contributed by atoms with van der Waals surface area (Å²) in [6.07, 6.45) is -3.78. The van der Waals surface area contributed by atoms with Crippen LogP contribution in [0, 0.1) is 0 Å². The SMILES string of the molecule is O=S(=O)(NC(Cc1c[nH]c2ccccc12)C(F)(F)F)c1ccc2ccccc2c1. The van der Waals surface area contributed by atoms with Crippen LogP contribution >= 0.6 is 0 Å². The van der Waals surface area contributed by atoms with Gasteiger partial charge in [-0.05, 0) is 41.0 Å². The number of hydrogen-bond donors (Lipinski definition) is 2. The number of halogens is 3. The predicted molar refractivity (Wildman–Crippen MR) is 106 cm³/mol. The molecule has 0 fully saturated rings. The minimum Gasteiger partial charge on any atom is -0.361 e. The van der Waals surface area contributed by atoms with Gasteiger partial charge in [0, 0.05) is 17.1 Å². The van der Waals surface area contributed by atoms with Crippen LogP contribution in [0.25, 0.3) is 21.7 Å². The van der Waals surface area contributed by atoms with Crippen molar-refractivity contribution >= 4 is 31.7 Å². The molecule has 0 aliphatic heterocycles. The Morgan fingerprint density at radius 2 is 1.62 bits per heavy atom. The summed E-state index contributed by atoms with van der Waals surface area (Å²) in [5, 5.41) is 2.07. The van der Waals surface area contributed by atoms with E-state index in [1.807, 2.05) is 4.72 Å². The lowest BCUT2D eigenvalue weighted by atomic mass is 10.1. The quantitative estimate of drug-likeness (QED) is 0.490. The maximum absolute atomic E-state index is 13.7. The highest BCUT2D eigenvalue weighted by molar-refractivity contribution is 7.89. The maximum Gasteiger partial charge on any atom is 0.405 e. The second-order valence-electron chi connectivity index (χ2n) is 6.79. The van der Waals surface area contributed by atoms with Crippen molar-refractivity contribution in [2.24, 2.45) is 0 Å². The van der Waals surface area contributed by atoms with Gasteiger partial charge in [0.05, 0.1) is 4.90 Å². The normalized spacial score (nSPS) is 13.8. The molecule has 8 heteroatoms. The van der Waals surface area contributed by atoms with Gasteiger partial charge in [0.1, 0.15) is 6.04 Å². The number of H-pyrrole nitrogens is 1. The third-order valence-electron chi connectivity index (χ3n) is 4.82. The summed E-state index contributed by atoms with van der Waals surface area (Å²) >= 11 is 0. The zero-order valence-electron chi connectivity index (χ0n) is 15.1. The molecule has 1 atom stereocenters. The number of rotatable bonds is 5. The highest BCUT2D eigenvalue weighted by Crippen LogP contribution is 2.28. The van der Waals surface area contributed by atoms with Crippen LogP contribution in [0.3, 0.4) is 0 Å². The number of aromatic amines is 1. The second-order valence-corrected chi connectivity index (χ2v) is 8.50. The predicted octanol–water partition coefficient (Wildman–Crippen LogP) is 4.77. The Morgan fingerprint density at radius 3 is 2.38 bits per heavy atom. The summed E-state index contributed by atoms with van der Waals surface area (Å²) in [5.41, 5.74) is 1.09. The van der Waals surface area contributed by atoms with E-state index in [-0.39, 0.29) is 4.90 Å². The molecule has 0 bridgehead atoms. The molecular formula is C21H17F3N2O2S. The van der Waals surface area contributed by atoms with E-state index >= 15 is 0 Å². The fourth-order valence-corrected chi connectivity index (χ4v) is 4.59. The van der Waals surface area contributed by atoms with Gasteiger partial charge in [0.2, 0.25) is 10.0 Å². The maximum atomic E-state index is 13.7.